The minimum Gasteiger partial charge on any atom is -0.486 e. The highest BCUT2D eigenvalue weighted by Gasteiger charge is 2.21. The maximum Gasteiger partial charge on any atom is 0.313 e. The first-order valence-corrected chi connectivity index (χ1v) is 6.72. The monoisotopic (exact) mass is 375 g/mol. The fourth-order valence-corrected chi connectivity index (χ4v) is 2.32. The van der Waals surface area contributed by atoms with Crippen LogP contribution in [0.25, 0.3) is 0 Å². The molecule has 1 aromatic rings. The molecule has 0 bridgehead atoms. The van der Waals surface area contributed by atoms with Crippen molar-refractivity contribution in [2.24, 2.45) is 5.92 Å². The summed E-state index contributed by atoms with van der Waals surface area (Å²) in [7, 11) is 1.84. The van der Waals surface area contributed by atoms with Gasteiger partial charge in [0.05, 0.1) is 26.7 Å². The van der Waals surface area contributed by atoms with Crippen LogP contribution in [0.1, 0.15) is 12.5 Å². The predicted molar refractivity (Wildman–Crippen MR) is 79.1 cm³/mol. The Labute approximate surface area is 125 Å². The molecule has 0 fully saturated rings. The van der Waals surface area contributed by atoms with Gasteiger partial charge in [-0.25, -0.2) is 0 Å². The van der Waals surface area contributed by atoms with Gasteiger partial charge in [0.25, 0.3) is 0 Å². The van der Waals surface area contributed by atoms with E-state index in [0.717, 1.165) is 6.54 Å². The van der Waals surface area contributed by atoms with Crippen molar-refractivity contribution < 1.29 is 9.66 Å². The summed E-state index contributed by atoms with van der Waals surface area (Å²) in [5.74, 6) is 0.462. The number of hydrogen-bond acceptors (Lipinski definition) is 5. The van der Waals surface area contributed by atoms with Crippen LogP contribution >= 0.6 is 22.6 Å². The zero-order chi connectivity index (χ0) is 14.4. The second kappa shape index (κ2) is 7.25. The molecule has 1 unspecified atom stereocenters. The van der Waals surface area contributed by atoms with E-state index in [0.29, 0.717) is 10.2 Å². The van der Waals surface area contributed by atoms with Gasteiger partial charge in [-0.05, 0) is 35.7 Å². The van der Waals surface area contributed by atoms with Gasteiger partial charge in [0.2, 0.25) is 5.75 Å². The SMILES string of the molecule is CNCC(C)COc1c(I)cc(C#N)cc1[N+](=O)[O-]. The maximum atomic E-state index is 11.0. The van der Waals surface area contributed by atoms with Crippen molar-refractivity contribution in [3.05, 3.63) is 31.4 Å². The molecular formula is C12H14IN3O3. The van der Waals surface area contributed by atoms with E-state index in [1.807, 2.05) is 42.6 Å². The molecule has 1 aromatic carbocycles. The lowest BCUT2D eigenvalue weighted by Gasteiger charge is -2.13. The van der Waals surface area contributed by atoms with Crippen LogP contribution in [0, 0.1) is 30.9 Å². The number of ether oxygens (including phenoxy) is 1. The predicted octanol–water partition coefficient (Wildman–Crippen LogP) is 2.31. The molecule has 0 aliphatic heterocycles. The van der Waals surface area contributed by atoms with Gasteiger partial charge in [-0.2, -0.15) is 5.26 Å². The molecule has 0 saturated heterocycles. The Morgan fingerprint density at radius 3 is 2.84 bits per heavy atom. The number of hydrogen-bond donors (Lipinski definition) is 1. The summed E-state index contributed by atoms with van der Waals surface area (Å²) in [6.45, 7) is 3.13. The molecule has 1 N–H and O–H groups in total. The summed E-state index contributed by atoms with van der Waals surface area (Å²) in [6, 6.07) is 4.71. The van der Waals surface area contributed by atoms with Crippen molar-refractivity contribution in [1.29, 1.82) is 5.26 Å². The number of nitrogens with one attached hydrogen (secondary N) is 1. The lowest BCUT2D eigenvalue weighted by Crippen LogP contribution is -2.22. The van der Waals surface area contributed by atoms with Gasteiger partial charge in [0.1, 0.15) is 0 Å². The second-order valence-corrected chi connectivity index (χ2v) is 5.31. The summed E-state index contributed by atoms with van der Waals surface area (Å²) in [4.78, 5) is 10.5. The van der Waals surface area contributed by atoms with Gasteiger partial charge in [-0.3, -0.25) is 10.1 Å². The van der Waals surface area contributed by atoms with Crippen molar-refractivity contribution in [1.82, 2.24) is 5.32 Å². The summed E-state index contributed by atoms with van der Waals surface area (Å²) in [5.41, 5.74) is 0.0897. The average Bonchev–Trinajstić information content (AvgIpc) is 2.36. The first kappa shape index (κ1) is 15.7. The Balaban J connectivity index is 2.99. The number of nitriles is 1. The van der Waals surface area contributed by atoms with Crippen molar-refractivity contribution in [3.8, 4) is 11.8 Å². The van der Waals surface area contributed by atoms with Gasteiger partial charge < -0.3 is 10.1 Å². The Morgan fingerprint density at radius 1 is 1.63 bits per heavy atom. The molecule has 0 aliphatic carbocycles. The van der Waals surface area contributed by atoms with Gasteiger partial charge in [0.15, 0.2) is 0 Å². The van der Waals surface area contributed by atoms with Crippen LogP contribution in [0.5, 0.6) is 5.75 Å². The molecule has 6 nitrogen and oxygen atoms in total. The van der Waals surface area contributed by atoms with E-state index in [2.05, 4.69) is 5.32 Å². The molecular weight excluding hydrogens is 361 g/mol. The standard InChI is InChI=1S/C12H14IN3O3/c1-8(6-15-2)7-19-12-10(13)3-9(5-14)4-11(12)16(17)18/h3-4,8,15H,6-7H2,1-2H3. The molecule has 19 heavy (non-hydrogen) atoms. The molecule has 0 saturated carbocycles. The number of nitro groups is 1. The minimum absolute atomic E-state index is 0.167. The fourth-order valence-electron chi connectivity index (χ4n) is 1.55. The van der Waals surface area contributed by atoms with E-state index >= 15 is 0 Å². The Morgan fingerprint density at radius 2 is 2.32 bits per heavy atom. The van der Waals surface area contributed by atoms with Crippen LogP contribution in [-0.2, 0) is 0 Å². The van der Waals surface area contributed by atoms with Gasteiger partial charge >= 0.3 is 5.69 Å². The smallest absolute Gasteiger partial charge is 0.313 e. The van der Waals surface area contributed by atoms with Crippen molar-refractivity contribution in [2.75, 3.05) is 20.2 Å². The number of rotatable bonds is 6. The third-order valence-corrected chi connectivity index (χ3v) is 3.22. The molecule has 0 aliphatic rings. The first-order chi connectivity index (χ1) is 8.99. The van der Waals surface area contributed by atoms with Crippen LogP contribution in [0.3, 0.4) is 0 Å². The highest BCUT2D eigenvalue weighted by Crippen LogP contribution is 2.33. The van der Waals surface area contributed by atoms with E-state index in [-0.39, 0.29) is 22.9 Å². The summed E-state index contributed by atoms with van der Waals surface area (Å²) < 4.78 is 6.11. The van der Waals surface area contributed by atoms with E-state index in [4.69, 9.17) is 10.00 Å². The van der Waals surface area contributed by atoms with E-state index in [1.54, 1.807) is 6.07 Å². The number of nitrogens with zero attached hydrogens (tertiary/aromatic N) is 2. The Bertz CT molecular complexity index is 514. The highest BCUT2D eigenvalue weighted by molar-refractivity contribution is 14.1. The van der Waals surface area contributed by atoms with Crippen molar-refractivity contribution in [2.45, 2.75) is 6.92 Å². The highest BCUT2D eigenvalue weighted by atomic mass is 127. The molecule has 1 rings (SSSR count). The van der Waals surface area contributed by atoms with Crippen LogP contribution in [0.15, 0.2) is 12.1 Å². The first-order valence-electron chi connectivity index (χ1n) is 5.65. The zero-order valence-electron chi connectivity index (χ0n) is 10.6. The summed E-state index contributed by atoms with van der Waals surface area (Å²) in [6.07, 6.45) is 0. The van der Waals surface area contributed by atoms with E-state index in [9.17, 15) is 10.1 Å². The van der Waals surface area contributed by atoms with E-state index in [1.165, 1.54) is 6.07 Å². The molecule has 0 aromatic heterocycles. The molecule has 1 atom stereocenters. The van der Waals surface area contributed by atoms with Crippen LogP contribution in [-0.4, -0.2) is 25.1 Å². The van der Waals surface area contributed by atoms with Gasteiger partial charge in [-0.15, -0.1) is 0 Å². The quantitative estimate of drug-likeness (QED) is 0.468. The van der Waals surface area contributed by atoms with E-state index < -0.39 is 4.92 Å². The molecule has 0 radical (unpaired) electrons. The molecule has 0 amide bonds. The average molecular weight is 375 g/mol. The topological polar surface area (TPSA) is 88.2 Å². The lowest BCUT2D eigenvalue weighted by atomic mass is 10.2. The lowest BCUT2D eigenvalue weighted by molar-refractivity contribution is -0.386. The summed E-state index contributed by atoms with van der Waals surface area (Å²) in [5, 5.41) is 22.9. The minimum atomic E-state index is -0.527. The molecule has 102 valence electrons. The zero-order valence-corrected chi connectivity index (χ0v) is 12.8. The molecule has 0 heterocycles. The third-order valence-electron chi connectivity index (χ3n) is 2.41. The fraction of sp³-hybridized carbons (Fsp3) is 0.417. The van der Waals surface area contributed by atoms with Crippen LogP contribution < -0.4 is 10.1 Å². The van der Waals surface area contributed by atoms with Crippen LogP contribution in [0.2, 0.25) is 0 Å². The van der Waals surface area contributed by atoms with Crippen molar-refractivity contribution >= 4 is 28.3 Å². The molecule has 0 spiro atoms. The van der Waals surface area contributed by atoms with Gasteiger partial charge in [-0.1, -0.05) is 6.92 Å². The Hall–Kier alpha value is -1.40. The largest absolute Gasteiger partial charge is 0.486 e. The Kier molecular flexibility index (Phi) is 5.98. The third kappa shape index (κ3) is 4.33. The van der Waals surface area contributed by atoms with Crippen molar-refractivity contribution in [3.63, 3.8) is 0 Å². The van der Waals surface area contributed by atoms with Gasteiger partial charge in [0, 0.05) is 18.5 Å². The summed E-state index contributed by atoms with van der Waals surface area (Å²) >= 11 is 1.94. The maximum absolute atomic E-state index is 11.0. The normalized spacial score (nSPS) is 11.7. The molecule has 7 heteroatoms. The number of benzene rings is 1. The number of nitro benzene ring substituents is 1. The number of halogens is 1. The second-order valence-electron chi connectivity index (χ2n) is 4.15. The van der Waals surface area contributed by atoms with Crippen LogP contribution in [0.4, 0.5) is 5.69 Å².